The summed E-state index contributed by atoms with van der Waals surface area (Å²) in [5.74, 6) is -0.00910. The highest BCUT2D eigenvalue weighted by atomic mass is 16.4. The minimum Gasteiger partial charge on any atom is -0.478 e. The molecule has 0 atom stereocenters. The first-order valence-corrected chi connectivity index (χ1v) is 5.92. The maximum atomic E-state index is 10.8. The highest BCUT2D eigenvalue weighted by molar-refractivity contribution is 5.92. The van der Waals surface area contributed by atoms with Gasteiger partial charge in [-0.1, -0.05) is 12.8 Å². The van der Waals surface area contributed by atoms with Gasteiger partial charge in [0.2, 0.25) is 0 Å². The fourth-order valence-corrected chi connectivity index (χ4v) is 2.10. The fourth-order valence-electron chi connectivity index (χ4n) is 2.10. The molecule has 1 N–H and O–H groups in total. The smallest absolute Gasteiger partial charge is 0.335 e. The number of aromatic nitrogens is 2. The van der Waals surface area contributed by atoms with Gasteiger partial charge in [-0.15, -0.1) is 0 Å². The maximum Gasteiger partial charge on any atom is 0.335 e. The Labute approximate surface area is 98.9 Å². The number of carbonyl (C=O) groups is 1. The van der Waals surface area contributed by atoms with Crippen LogP contribution in [0.3, 0.4) is 0 Å². The summed E-state index contributed by atoms with van der Waals surface area (Å²) in [6.07, 6.45) is 5.72. The number of fused-ring (bicyclic) bond motifs is 1. The molecule has 1 heterocycles. The second kappa shape index (κ2) is 3.87. The maximum absolute atomic E-state index is 10.8. The number of aromatic carboxylic acids is 1. The van der Waals surface area contributed by atoms with Crippen LogP contribution in [0.25, 0.3) is 11.0 Å². The van der Waals surface area contributed by atoms with Gasteiger partial charge in [0, 0.05) is 6.54 Å². The van der Waals surface area contributed by atoms with Crippen molar-refractivity contribution in [2.24, 2.45) is 5.92 Å². The number of carboxylic acids is 1. The van der Waals surface area contributed by atoms with Gasteiger partial charge < -0.3 is 9.67 Å². The Morgan fingerprint density at radius 1 is 1.47 bits per heavy atom. The summed E-state index contributed by atoms with van der Waals surface area (Å²) in [6.45, 7) is 0.980. The van der Waals surface area contributed by atoms with Gasteiger partial charge in [-0.25, -0.2) is 9.78 Å². The number of benzene rings is 1. The number of hydrogen-bond donors (Lipinski definition) is 1. The molecular weight excluding hydrogens is 216 g/mol. The first-order valence-electron chi connectivity index (χ1n) is 5.92. The van der Waals surface area contributed by atoms with Crippen LogP contribution in [0.5, 0.6) is 0 Å². The van der Waals surface area contributed by atoms with Crippen LogP contribution in [0.1, 0.15) is 29.6 Å². The Kier molecular flexibility index (Phi) is 2.35. The van der Waals surface area contributed by atoms with Crippen molar-refractivity contribution in [3.8, 4) is 0 Å². The Hall–Kier alpha value is -1.84. The average Bonchev–Trinajstić information content (AvgIpc) is 3.06. The topological polar surface area (TPSA) is 55.1 Å². The number of rotatable bonds is 4. The highest BCUT2D eigenvalue weighted by Crippen LogP contribution is 2.33. The molecule has 1 fully saturated rings. The highest BCUT2D eigenvalue weighted by Gasteiger charge is 2.20. The van der Waals surface area contributed by atoms with E-state index in [1.54, 1.807) is 18.5 Å². The van der Waals surface area contributed by atoms with Crippen molar-refractivity contribution in [2.45, 2.75) is 25.8 Å². The van der Waals surface area contributed by atoms with E-state index in [1.807, 2.05) is 6.07 Å². The molecule has 0 aliphatic heterocycles. The molecule has 3 rings (SSSR count). The van der Waals surface area contributed by atoms with Gasteiger partial charge in [0.25, 0.3) is 0 Å². The predicted molar refractivity (Wildman–Crippen MR) is 64.0 cm³/mol. The zero-order chi connectivity index (χ0) is 11.8. The molecule has 1 aliphatic carbocycles. The fraction of sp³-hybridized carbons (Fsp3) is 0.385. The van der Waals surface area contributed by atoms with Crippen LogP contribution in [0, 0.1) is 5.92 Å². The molecule has 2 aromatic rings. The summed E-state index contributed by atoms with van der Waals surface area (Å²) in [5.41, 5.74) is 2.08. The van der Waals surface area contributed by atoms with Gasteiger partial charge in [-0.2, -0.15) is 0 Å². The van der Waals surface area contributed by atoms with Crippen LogP contribution in [-0.4, -0.2) is 20.6 Å². The van der Waals surface area contributed by atoms with Gasteiger partial charge in [-0.05, 0) is 30.5 Å². The molecule has 0 unspecified atom stereocenters. The number of nitrogens with zero attached hydrogens (tertiary/aromatic N) is 2. The van der Waals surface area contributed by atoms with E-state index in [-0.39, 0.29) is 0 Å². The van der Waals surface area contributed by atoms with Gasteiger partial charge in [0.15, 0.2) is 0 Å². The summed E-state index contributed by atoms with van der Waals surface area (Å²) >= 11 is 0. The lowest BCUT2D eigenvalue weighted by atomic mass is 10.2. The third-order valence-corrected chi connectivity index (χ3v) is 3.34. The Balaban J connectivity index is 1.89. The molecule has 0 saturated heterocycles. The first-order chi connectivity index (χ1) is 8.24. The van der Waals surface area contributed by atoms with E-state index in [4.69, 9.17) is 5.11 Å². The lowest BCUT2D eigenvalue weighted by Crippen LogP contribution is -1.98. The van der Waals surface area contributed by atoms with Gasteiger partial charge in [0.1, 0.15) is 0 Å². The van der Waals surface area contributed by atoms with Crippen molar-refractivity contribution in [3.63, 3.8) is 0 Å². The first kappa shape index (κ1) is 10.3. The zero-order valence-electron chi connectivity index (χ0n) is 9.47. The molecule has 88 valence electrons. The monoisotopic (exact) mass is 230 g/mol. The van der Waals surface area contributed by atoms with E-state index >= 15 is 0 Å². The largest absolute Gasteiger partial charge is 0.478 e. The number of aryl methyl sites for hydroxylation is 1. The summed E-state index contributed by atoms with van der Waals surface area (Å²) in [7, 11) is 0. The number of carboxylic acid groups (broad SMARTS) is 1. The SMILES string of the molecule is O=C(O)c1ccc2c(c1)ncn2CCC1CC1. The Morgan fingerprint density at radius 3 is 3.00 bits per heavy atom. The average molecular weight is 230 g/mol. The number of hydrogen-bond acceptors (Lipinski definition) is 2. The predicted octanol–water partition coefficient (Wildman–Crippen LogP) is 2.53. The van der Waals surface area contributed by atoms with E-state index in [1.165, 1.54) is 19.3 Å². The Bertz CT molecular complexity index is 570. The van der Waals surface area contributed by atoms with Crippen LogP contribution in [0.2, 0.25) is 0 Å². The summed E-state index contributed by atoms with van der Waals surface area (Å²) in [6, 6.07) is 5.12. The van der Waals surface area contributed by atoms with Crippen molar-refractivity contribution in [1.82, 2.24) is 9.55 Å². The van der Waals surface area contributed by atoms with E-state index in [9.17, 15) is 4.79 Å². The quantitative estimate of drug-likeness (QED) is 0.878. The van der Waals surface area contributed by atoms with E-state index in [0.29, 0.717) is 5.56 Å². The normalized spacial score (nSPS) is 15.3. The lowest BCUT2D eigenvalue weighted by molar-refractivity contribution is 0.0697. The van der Waals surface area contributed by atoms with Gasteiger partial charge in [0.05, 0.1) is 22.9 Å². The van der Waals surface area contributed by atoms with Crippen LogP contribution in [0.15, 0.2) is 24.5 Å². The molecule has 4 nitrogen and oxygen atoms in total. The molecule has 0 amide bonds. The summed E-state index contributed by atoms with van der Waals surface area (Å²) in [4.78, 5) is 15.1. The van der Waals surface area contributed by atoms with E-state index < -0.39 is 5.97 Å². The standard InChI is InChI=1S/C13H14N2O2/c16-13(17)10-3-4-12-11(7-10)14-8-15(12)6-5-9-1-2-9/h3-4,7-9H,1-2,5-6H2,(H,16,17). The van der Waals surface area contributed by atoms with Crippen LogP contribution in [0.4, 0.5) is 0 Å². The van der Waals surface area contributed by atoms with E-state index in [0.717, 1.165) is 23.5 Å². The number of imidazole rings is 1. The second-order valence-corrected chi connectivity index (χ2v) is 4.68. The second-order valence-electron chi connectivity index (χ2n) is 4.68. The molecule has 0 spiro atoms. The van der Waals surface area contributed by atoms with E-state index in [2.05, 4.69) is 9.55 Å². The van der Waals surface area contributed by atoms with Crippen LogP contribution >= 0.6 is 0 Å². The molecular formula is C13H14N2O2. The van der Waals surface area contributed by atoms with Crippen molar-refractivity contribution in [3.05, 3.63) is 30.1 Å². The summed E-state index contributed by atoms with van der Waals surface area (Å²) < 4.78 is 2.11. The van der Waals surface area contributed by atoms with Crippen molar-refractivity contribution in [1.29, 1.82) is 0 Å². The van der Waals surface area contributed by atoms with Crippen molar-refractivity contribution >= 4 is 17.0 Å². The molecule has 1 aromatic heterocycles. The molecule has 0 bridgehead atoms. The molecule has 1 aromatic carbocycles. The molecule has 4 heteroatoms. The molecule has 17 heavy (non-hydrogen) atoms. The molecule has 1 saturated carbocycles. The van der Waals surface area contributed by atoms with Crippen LogP contribution in [-0.2, 0) is 6.54 Å². The summed E-state index contributed by atoms with van der Waals surface area (Å²) in [5, 5.41) is 8.90. The van der Waals surface area contributed by atoms with Crippen molar-refractivity contribution < 1.29 is 9.90 Å². The van der Waals surface area contributed by atoms with Gasteiger partial charge in [-0.3, -0.25) is 0 Å². The Morgan fingerprint density at radius 2 is 2.29 bits per heavy atom. The zero-order valence-corrected chi connectivity index (χ0v) is 9.47. The lowest BCUT2D eigenvalue weighted by Gasteiger charge is -2.03. The minimum atomic E-state index is -0.903. The third-order valence-electron chi connectivity index (χ3n) is 3.34. The van der Waals surface area contributed by atoms with Crippen molar-refractivity contribution in [2.75, 3.05) is 0 Å². The van der Waals surface area contributed by atoms with Crippen LogP contribution < -0.4 is 0 Å². The van der Waals surface area contributed by atoms with Gasteiger partial charge >= 0.3 is 5.97 Å². The minimum absolute atomic E-state index is 0.296. The molecule has 1 aliphatic rings. The molecule has 0 radical (unpaired) electrons. The third kappa shape index (κ3) is 2.02.